The zero-order valence-corrected chi connectivity index (χ0v) is 11.2. The third-order valence-electron chi connectivity index (χ3n) is 2.96. The van der Waals surface area contributed by atoms with Crippen LogP contribution in [0.5, 0.6) is 0 Å². The standard InChI is InChI=1S/C11H20N2S2/c1-8(2)10-4-6-15-11(13-10)12-9-3-5-14-7-9/h8-10H,3-7H2,1-2H3,(H,12,13). The van der Waals surface area contributed by atoms with Crippen LogP contribution < -0.4 is 5.32 Å². The maximum atomic E-state index is 4.80. The predicted molar refractivity (Wildman–Crippen MR) is 72.0 cm³/mol. The average Bonchev–Trinajstić information content (AvgIpc) is 2.71. The molecule has 0 bridgehead atoms. The third kappa shape index (κ3) is 3.31. The molecule has 0 aromatic heterocycles. The Morgan fingerprint density at radius 1 is 1.33 bits per heavy atom. The molecule has 2 heterocycles. The van der Waals surface area contributed by atoms with E-state index in [1.807, 2.05) is 11.8 Å². The molecule has 2 nitrogen and oxygen atoms in total. The molecule has 2 atom stereocenters. The maximum absolute atomic E-state index is 4.80. The number of thioether (sulfide) groups is 2. The fourth-order valence-electron chi connectivity index (χ4n) is 1.91. The first-order valence-electron chi connectivity index (χ1n) is 5.80. The lowest BCUT2D eigenvalue weighted by Gasteiger charge is -2.25. The molecule has 2 aliphatic rings. The highest BCUT2D eigenvalue weighted by atomic mass is 32.2. The van der Waals surface area contributed by atoms with E-state index in [0.717, 1.165) is 0 Å². The zero-order valence-electron chi connectivity index (χ0n) is 9.53. The van der Waals surface area contributed by atoms with Gasteiger partial charge < -0.3 is 5.32 Å². The topological polar surface area (TPSA) is 24.4 Å². The van der Waals surface area contributed by atoms with Crippen molar-refractivity contribution in [3.63, 3.8) is 0 Å². The maximum Gasteiger partial charge on any atom is 0.157 e. The SMILES string of the molecule is CC(C)C1CCSC(NC2CCSC2)=N1. The van der Waals surface area contributed by atoms with Crippen molar-refractivity contribution in [2.75, 3.05) is 17.3 Å². The molecule has 1 N–H and O–H groups in total. The molecular formula is C11H20N2S2. The summed E-state index contributed by atoms with van der Waals surface area (Å²) in [4.78, 5) is 4.80. The Hall–Kier alpha value is 0.170. The molecule has 2 rings (SSSR count). The van der Waals surface area contributed by atoms with Crippen molar-refractivity contribution in [3.8, 4) is 0 Å². The first-order chi connectivity index (χ1) is 7.25. The summed E-state index contributed by atoms with van der Waals surface area (Å²) in [5, 5.41) is 4.80. The fraction of sp³-hybridized carbons (Fsp3) is 0.909. The highest BCUT2D eigenvalue weighted by Gasteiger charge is 2.22. The Labute approximate surface area is 101 Å². The minimum atomic E-state index is 0.544. The number of nitrogens with zero attached hydrogens (tertiary/aromatic N) is 1. The van der Waals surface area contributed by atoms with E-state index in [-0.39, 0.29) is 0 Å². The zero-order chi connectivity index (χ0) is 10.7. The molecule has 0 aliphatic carbocycles. The number of hydrogen-bond donors (Lipinski definition) is 1. The molecule has 0 aromatic rings. The van der Waals surface area contributed by atoms with Crippen LogP contribution in [-0.2, 0) is 0 Å². The van der Waals surface area contributed by atoms with Crippen LogP contribution >= 0.6 is 23.5 Å². The van der Waals surface area contributed by atoms with Crippen molar-refractivity contribution in [1.29, 1.82) is 0 Å². The minimum Gasteiger partial charge on any atom is -0.361 e. The Bertz CT molecular complexity index is 235. The lowest BCUT2D eigenvalue weighted by Crippen LogP contribution is -2.36. The van der Waals surface area contributed by atoms with Gasteiger partial charge in [-0.3, -0.25) is 4.99 Å². The van der Waals surface area contributed by atoms with Crippen molar-refractivity contribution in [2.45, 2.75) is 38.8 Å². The fourth-order valence-corrected chi connectivity index (χ4v) is 4.08. The highest BCUT2D eigenvalue weighted by Crippen LogP contribution is 2.23. The quantitative estimate of drug-likeness (QED) is 0.808. The van der Waals surface area contributed by atoms with Crippen molar-refractivity contribution in [2.24, 2.45) is 10.9 Å². The van der Waals surface area contributed by atoms with Crippen molar-refractivity contribution in [1.82, 2.24) is 5.32 Å². The van der Waals surface area contributed by atoms with Crippen LogP contribution in [0.25, 0.3) is 0 Å². The largest absolute Gasteiger partial charge is 0.361 e. The lowest BCUT2D eigenvalue weighted by atomic mass is 10.0. The summed E-state index contributed by atoms with van der Waals surface area (Å²) in [6.07, 6.45) is 2.55. The number of nitrogens with one attached hydrogen (secondary N) is 1. The summed E-state index contributed by atoms with van der Waals surface area (Å²) in [5.41, 5.74) is 0. The Kier molecular flexibility index (Phi) is 4.26. The molecule has 4 heteroatoms. The van der Waals surface area contributed by atoms with Crippen LogP contribution in [-0.4, -0.2) is 34.5 Å². The monoisotopic (exact) mass is 244 g/mol. The third-order valence-corrected chi connectivity index (χ3v) is 5.06. The molecule has 2 unspecified atom stereocenters. The Morgan fingerprint density at radius 2 is 2.20 bits per heavy atom. The van der Waals surface area contributed by atoms with E-state index in [1.54, 1.807) is 0 Å². The van der Waals surface area contributed by atoms with Gasteiger partial charge in [0.15, 0.2) is 5.17 Å². The smallest absolute Gasteiger partial charge is 0.157 e. The predicted octanol–water partition coefficient (Wildman–Crippen LogP) is 2.60. The molecule has 0 spiro atoms. The molecule has 86 valence electrons. The van der Waals surface area contributed by atoms with Gasteiger partial charge in [0.25, 0.3) is 0 Å². The molecule has 0 radical (unpaired) electrons. The van der Waals surface area contributed by atoms with Crippen molar-refractivity contribution < 1.29 is 0 Å². The van der Waals surface area contributed by atoms with E-state index in [9.17, 15) is 0 Å². The molecule has 2 aliphatic heterocycles. The molecule has 1 fully saturated rings. The normalized spacial score (nSPS) is 31.8. The van der Waals surface area contributed by atoms with Gasteiger partial charge in [-0.15, -0.1) is 0 Å². The lowest BCUT2D eigenvalue weighted by molar-refractivity contribution is 0.481. The van der Waals surface area contributed by atoms with E-state index in [4.69, 9.17) is 4.99 Å². The van der Waals surface area contributed by atoms with Crippen molar-refractivity contribution in [3.05, 3.63) is 0 Å². The van der Waals surface area contributed by atoms with Gasteiger partial charge in [0.1, 0.15) is 0 Å². The van der Waals surface area contributed by atoms with Gasteiger partial charge in [-0.25, -0.2) is 0 Å². The first kappa shape index (κ1) is 11.6. The summed E-state index contributed by atoms with van der Waals surface area (Å²) < 4.78 is 0. The molecule has 0 amide bonds. The Morgan fingerprint density at radius 3 is 2.87 bits per heavy atom. The highest BCUT2D eigenvalue weighted by molar-refractivity contribution is 8.13. The molecule has 0 saturated carbocycles. The van der Waals surface area contributed by atoms with Crippen LogP contribution in [0.15, 0.2) is 4.99 Å². The van der Waals surface area contributed by atoms with Gasteiger partial charge in [-0.2, -0.15) is 11.8 Å². The van der Waals surface area contributed by atoms with Crippen LogP contribution in [0.1, 0.15) is 26.7 Å². The van der Waals surface area contributed by atoms with Gasteiger partial charge >= 0.3 is 0 Å². The molecule has 1 saturated heterocycles. The summed E-state index contributed by atoms with van der Waals surface area (Å²) in [6.45, 7) is 4.54. The van der Waals surface area contributed by atoms with Gasteiger partial charge in [-0.05, 0) is 24.5 Å². The summed E-state index contributed by atoms with van der Waals surface area (Å²) >= 11 is 3.95. The number of aliphatic imine (C=N–C) groups is 1. The first-order valence-corrected chi connectivity index (χ1v) is 7.94. The minimum absolute atomic E-state index is 0.544. The second kappa shape index (κ2) is 5.48. The van der Waals surface area contributed by atoms with E-state index in [0.29, 0.717) is 18.0 Å². The number of rotatable bonds is 2. The van der Waals surface area contributed by atoms with Gasteiger partial charge in [0, 0.05) is 17.5 Å². The van der Waals surface area contributed by atoms with E-state index in [1.165, 1.54) is 35.3 Å². The Balaban J connectivity index is 1.89. The summed E-state index contributed by atoms with van der Waals surface area (Å²) in [6, 6.07) is 1.22. The summed E-state index contributed by atoms with van der Waals surface area (Å²) in [7, 11) is 0. The molecule has 15 heavy (non-hydrogen) atoms. The van der Waals surface area contributed by atoms with Gasteiger partial charge in [0.2, 0.25) is 0 Å². The second-order valence-corrected chi connectivity index (χ2v) is 6.82. The molecule has 0 aromatic carbocycles. The van der Waals surface area contributed by atoms with Crippen LogP contribution in [0.2, 0.25) is 0 Å². The van der Waals surface area contributed by atoms with Crippen LogP contribution in [0, 0.1) is 5.92 Å². The van der Waals surface area contributed by atoms with Crippen LogP contribution in [0.4, 0.5) is 0 Å². The van der Waals surface area contributed by atoms with Crippen molar-refractivity contribution >= 4 is 28.7 Å². The second-order valence-electron chi connectivity index (χ2n) is 4.59. The van der Waals surface area contributed by atoms with Gasteiger partial charge in [0.05, 0.1) is 6.04 Å². The van der Waals surface area contributed by atoms with E-state index < -0.39 is 0 Å². The number of amidine groups is 1. The molecular weight excluding hydrogens is 224 g/mol. The van der Waals surface area contributed by atoms with E-state index in [2.05, 4.69) is 30.9 Å². The van der Waals surface area contributed by atoms with Gasteiger partial charge in [-0.1, -0.05) is 25.6 Å². The average molecular weight is 244 g/mol. The summed E-state index contributed by atoms with van der Waals surface area (Å²) in [5.74, 6) is 4.48. The van der Waals surface area contributed by atoms with Crippen LogP contribution in [0.3, 0.4) is 0 Å². The number of hydrogen-bond acceptors (Lipinski definition) is 4. The van der Waals surface area contributed by atoms with E-state index >= 15 is 0 Å².